The van der Waals surface area contributed by atoms with Crippen LogP contribution in [0, 0.1) is 11.8 Å². The van der Waals surface area contributed by atoms with Crippen molar-refractivity contribution < 1.29 is 14.7 Å². The van der Waals surface area contributed by atoms with Crippen LogP contribution in [0.1, 0.15) is 29.3 Å². The Labute approximate surface area is 114 Å². The fraction of sp³-hybridized carbons (Fsp3) is 0.231. The average Bonchev–Trinajstić information content (AvgIpc) is 2.27. The van der Waals surface area contributed by atoms with Gasteiger partial charge < -0.3 is 10.4 Å². The zero-order valence-electron chi connectivity index (χ0n) is 9.79. The van der Waals surface area contributed by atoms with Gasteiger partial charge in [-0.1, -0.05) is 27.8 Å². The van der Waals surface area contributed by atoms with Gasteiger partial charge in [0.2, 0.25) is 5.91 Å². The summed E-state index contributed by atoms with van der Waals surface area (Å²) in [5.41, 5.74) is 0.820. The molecule has 0 atom stereocenters. The molecule has 94 valence electrons. The lowest BCUT2D eigenvalue weighted by Crippen LogP contribution is -2.20. The van der Waals surface area contributed by atoms with Crippen LogP contribution in [0.25, 0.3) is 0 Å². The molecule has 0 saturated carbocycles. The van der Waals surface area contributed by atoms with Crippen LogP contribution in [0.15, 0.2) is 22.7 Å². The van der Waals surface area contributed by atoms with Crippen LogP contribution >= 0.6 is 15.9 Å². The van der Waals surface area contributed by atoms with E-state index in [9.17, 15) is 9.59 Å². The van der Waals surface area contributed by atoms with Gasteiger partial charge in [-0.25, -0.2) is 4.79 Å². The predicted octanol–water partition coefficient (Wildman–Crippen LogP) is 2.03. The number of carbonyl (C=O) groups is 2. The number of nitrogens with one attached hydrogen (secondary N) is 1. The Bertz CT molecular complexity index is 529. The van der Waals surface area contributed by atoms with Crippen molar-refractivity contribution in [2.24, 2.45) is 0 Å². The molecular formula is C13H12BrNO3. The number of benzene rings is 1. The maximum absolute atomic E-state index is 10.8. The van der Waals surface area contributed by atoms with Gasteiger partial charge in [0.05, 0.1) is 5.56 Å². The Kier molecular flexibility index (Phi) is 5.40. The zero-order chi connectivity index (χ0) is 13.5. The molecule has 18 heavy (non-hydrogen) atoms. The van der Waals surface area contributed by atoms with Gasteiger partial charge in [0.25, 0.3) is 0 Å². The van der Waals surface area contributed by atoms with Crippen molar-refractivity contribution >= 4 is 27.8 Å². The van der Waals surface area contributed by atoms with Gasteiger partial charge in [-0.2, -0.15) is 0 Å². The maximum Gasteiger partial charge on any atom is 0.335 e. The first-order valence-corrected chi connectivity index (χ1v) is 6.05. The molecule has 0 aliphatic heterocycles. The summed E-state index contributed by atoms with van der Waals surface area (Å²) in [6.45, 7) is 1.93. The summed E-state index contributed by atoms with van der Waals surface area (Å²) < 4.78 is 0.675. The van der Waals surface area contributed by atoms with Crippen LogP contribution < -0.4 is 5.32 Å². The van der Waals surface area contributed by atoms with Crippen LogP contribution in [0.3, 0.4) is 0 Å². The number of carboxylic acid groups (broad SMARTS) is 1. The number of carboxylic acids is 1. The van der Waals surface area contributed by atoms with Crippen LogP contribution in [0.5, 0.6) is 0 Å². The van der Waals surface area contributed by atoms with Gasteiger partial charge in [0, 0.05) is 29.9 Å². The maximum atomic E-state index is 10.8. The highest BCUT2D eigenvalue weighted by Crippen LogP contribution is 2.15. The Morgan fingerprint density at radius 3 is 2.72 bits per heavy atom. The second-order valence-electron chi connectivity index (χ2n) is 3.57. The first-order valence-electron chi connectivity index (χ1n) is 5.26. The van der Waals surface area contributed by atoms with Crippen LogP contribution in [-0.4, -0.2) is 23.5 Å². The number of rotatable bonds is 3. The molecule has 0 bridgehead atoms. The molecule has 0 saturated heterocycles. The lowest BCUT2D eigenvalue weighted by atomic mass is 10.1. The van der Waals surface area contributed by atoms with Gasteiger partial charge in [0.1, 0.15) is 0 Å². The molecule has 1 aromatic carbocycles. The standard InChI is InChI=1S/C13H12BrNO3/c1-9(16)15-5-3-2-4-10-6-11(13(17)18)8-12(14)7-10/h6-8H,3,5H2,1H3,(H,15,16)(H,17,18). The highest BCUT2D eigenvalue weighted by Gasteiger charge is 2.04. The quantitative estimate of drug-likeness (QED) is 0.663. The lowest BCUT2D eigenvalue weighted by Gasteiger charge is -1.98. The summed E-state index contributed by atoms with van der Waals surface area (Å²) in [5.74, 6) is 4.65. The lowest BCUT2D eigenvalue weighted by molar-refractivity contribution is -0.118. The molecule has 4 nitrogen and oxygen atoms in total. The summed E-state index contributed by atoms with van der Waals surface area (Å²) >= 11 is 3.23. The number of halogens is 1. The normalized spacial score (nSPS) is 9.22. The van der Waals surface area contributed by atoms with Gasteiger partial charge >= 0.3 is 5.97 Å². The molecule has 0 heterocycles. The van der Waals surface area contributed by atoms with E-state index in [2.05, 4.69) is 33.1 Å². The summed E-state index contributed by atoms with van der Waals surface area (Å²) in [6, 6.07) is 4.78. The van der Waals surface area contributed by atoms with Crippen molar-refractivity contribution in [1.29, 1.82) is 0 Å². The molecule has 0 spiro atoms. The van der Waals surface area contributed by atoms with Crippen molar-refractivity contribution in [3.8, 4) is 11.8 Å². The minimum Gasteiger partial charge on any atom is -0.478 e. The van der Waals surface area contributed by atoms with Gasteiger partial charge in [0.15, 0.2) is 0 Å². The fourth-order valence-electron chi connectivity index (χ4n) is 1.25. The van der Waals surface area contributed by atoms with E-state index in [0.717, 1.165) is 0 Å². The largest absolute Gasteiger partial charge is 0.478 e. The van der Waals surface area contributed by atoms with E-state index >= 15 is 0 Å². The molecule has 0 fully saturated rings. The van der Waals surface area contributed by atoms with E-state index < -0.39 is 5.97 Å². The summed E-state index contributed by atoms with van der Waals surface area (Å²) in [7, 11) is 0. The molecule has 1 rings (SSSR count). The molecular weight excluding hydrogens is 298 g/mol. The highest BCUT2D eigenvalue weighted by atomic mass is 79.9. The average molecular weight is 310 g/mol. The molecule has 1 aromatic rings. The van der Waals surface area contributed by atoms with Crippen LogP contribution in [0.2, 0.25) is 0 Å². The zero-order valence-corrected chi connectivity index (χ0v) is 11.4. The van der Waals surface area contributed by atoms with Crippen molar-refractivity contribution in [2.75, 3.05) is 6.54 Å². The van der Waals surface area contributed by atoms with E-state index in [1.807, 2.05) is 0 Å². The minimum absolute atomic E-state index is 0.0904. The van der Waals surface area contributed by atoms with Crippen LogP contribution in [-0.2, 0) is 4.79 Å². The molecule has 0 aliphatic rings. The molecule has 2 N–H and O–H groups in total. The Morgan fingerprint density at radius 1 is 1.39 bits per heavy atom. The van der Waals surface area contributed by atoms with E-state index in [1.165, 1.54) is 19.1 Å². The number of amides is 1. The monoisotopic (exact) mass is 309 g/mol. The predicted molar refractivity (Wildman–Crippen MR) is 71.3 cm³/mol. The van der Waals surface area contributed by atoms with Crippen molar-refractivity contribution in [3.05, 3.63) is 33.8 Å². The number of aromatic carboxylic acids is 1. The molecule has 0 aromatic heterocycles. The van der Waals surface area contributed by atoms with Crippen molar-refractivity contribution in [2.45, 2.75) is 13.3 Å². The van der Waals surface area contributed by atoms with Gasteiger partial charge in [-0.3, -0.25) is 4.79 Å². The van der Waals surface area contributed by atoms with Gasteiger partial charge in [-0.15, -0.1) is 0 Å². The topological polar surface area (TPSA) is 66.4 Å². The first kappa shape index (κ1) is 14.3. The minimum atomic E-state index is -0.988. The second-order valence-corrected chi connectivity index (χ2v) is 4.48. The Hall–Kier alpha value is -1.80. The second kappa shape index (κ2) is 6.82. The third-order valence-electron chi connectivity index (χ3n) is 2.00. The van der Waals surface area contributed by atoms with Crippen molar-refractivity contribution in [1.82, 2.24) is 5.32 Å². The third-order valence-corrected chi connectivity index (χ3v) is 2.46. The summed E-state index contributed by atoms with van der Waals surface area (Å²) in [4.78, 5) is 21.5. The van der Waals surface area contributed by atoms with E-state index in [4.69, 9.17) is 5.11 Å². The molecule has 0 unspecified atom stereocenters. The fourth-order valence-corrected chi connectivity index (χ4v) is 1.74. The van der Waals surface area contributed by atoms with Gasteiger partial charge in [-0.05, 0) is 18.2 Å². The smallest absolute Gasteiger partial charge is 0.335 e. The summed E-state index contributed by atoms with van der Waals surface area (Å²) in [5, 5.41) is 11.5. The van der Waals surface area contributed by atoms with E-state index in [-0.39, 0.29) is 11.5 Å². The number of hydrogen-bond donors (Lipinski definition) is 2. The highest BCUT2D eigenvalue weighted by molar-refractivity contribution is 9.10. The molecule has 0 radical (unpaired) electrons. The molecule has 5 heteroatoms. The molecule has 0 aliphatic carbocycles. The first-order chi connectivity index (χ1) is 8.49. The van der Waals surface area contributed by atoms with Crippen LogP contribution in [0.4, 0.5) is 0 Å². The Balaban J connectivity index is 2.70. The Morgan fingerprint density at radius 2 is 2.11 bits per heavy atom. The summed E-state index contributed by atoms with van der Waals surface area (Å²) in [6.07, 6.45) is 0.522. The van der Waals surface area contributed by atoms with Crippen molar-refractivity contribution in [3.63, 3.8) is 0 Å². The number of hydrogen-bond acceptors (Lipinski definition) is 2. The van der Waals surface area contributed by atoms with E-state index in [1.54, 1.807) is 6.07 Å². The molecule has 1 amide bonds. The SMILES string of the molecule is CC(=O)NCCC#Cc1cc(Br)cc(C(=O)O)c1. The number of carbonyl (C=O) groups excluding carboxylic acids is 1. The third kappa shape index (κ3) is 5.02. The van der Waals surface area contributed by atoms with E-state index in [0.29, 0.717) is 23.0 Å².